The van der Waals surface area contributed by atoms with Gasteiger partial charge in [0, 0.05) is 17.0 Å². The highest BCUT2D eigenvalue weighted by molar-refractivity contribution is 14.1. The fourth-order valence-corrected chi connectivity index (χ4v) is 3.38. The van der Waals surface area contributed by atoms with Crippen LogP contribution in [0.5, 0.6) is 11.5 Å². The molecule has 7 nitrogen and oxygen atoms in total. The summed E-state index contributed by atoms with van der Waals surface area (Å²) < 4.78 is 26.7. The summed E-state index contributed by atoms with van der Waals surface area (Å²) in [6, 6.07) is 12.5. The summed E-state index contributed by atoms with van der Waals surface area (Å²) in [7, 11) is 0. The Bertz CT molecular complexity index is 1180. The number of para-hydroxylation sites is 1. The predicted molar refractivity (Wildman–Crippen MR) is 116 cm³/mol. The number of ether oxygens (including phenoxy) is 1. The Labute approximate surface area is 180 Å². The average Bonchev–Trinajstić information content (AvgIpc) is 3.09. The maximum Gasteiger partial charge on any atom is 0.193 e. The topological polar surface area (TPSA) is 88.1 Å². The molecule has 2 aromatic carbocycles. The van der Waals surface area contributed by atoms with Gasteiger partial charge in [-0.1, -0.05) is 24.3 Å². The van der Waals surface area contributed by atoms with E-state index >= 15 is 0 Å². The number of nitrogens with two attached hydrogens (primary N) is 1. The second kappa shape index (κ2) is 8.19. The molecule has 0 saturated heterocycles. The zero-order valence-electron chi connectivity index (χ0n) is 15.5. The summed E-state index contributed by atoms with van der Waals surface area (Å²) in [6.45, 7) is 2.59. The molecule has 2 heterocycles. The van der Waals surface area contributed by atoms with Gasteiger partial charge in [-0.15, -0.1) is 0 Å². The molecule has 0 atom stereocenters. The summed E-state index contributed by atoms with van der Waals surface area (Å²) in [6.07, 6.45) is 1.50. The zero-order valence-corrected chi connectivity index (χ0v) is 17.6. The van der Waals surface area contributed by atoms with Crippen molar-refractivity contribution < 1.29 is 12.2 Å². The minimum atomic E-state index is -0.346. The first kappa shape index (κ1) is 19.4. The van der Waals surface area contributed by atoms with Crippen molar-refractivity contribution in [1.82, 2.24) is 19.7 Å². The first-order chi connectivity index (χ1) is 14.1. The molecule has 4 aromatic rings. The molecule has 0 spiro atoms. The van der Waals surface area contributed by atoms with Gasteiger partial charge in [0.2, 0.25) is 0 Å². The van der Waals surface area contributed by atoms with Crippen LogP contribution in [-0.4, -0.2) is 26.4 Å². The first-order valence-corrected chi connectivity index (χ1v) is 9.77. The number of nitrogen functional groups attached to an aromatic ring is 1. The Hall–Kier alpha value is -2.95. The molecule has 9 heteroatoms. The molecule has 2 N–H and O–H groups in total. The van der Waals surface area contributed by atoms with Crippen molar-refractivity contribution in [2.24, 2.45) is 0 Å². The van der Waals surface area contributed by atoms with Gasteiger partial charge in [0.05, 0.1) is 24.9 Å². The van der Waals surface area contributed by atoms with Crippen molar-refractivity contribution in [3.8, 4) is 23.0 Å². The Kier molecular flexibility index (Phi) is 5.47. The monoisotopic (exact) mass is 505 g/mol. The summed E-state index contributed by atoms with van der Waals surface area (Å²) in [5.41, 5.74) is 7.84. The predicted octanol–water partition coefficient (Wildman–Crippen LogP) is 4.39. The summed E-state index contributed by atoms with van der Waals surface area (Å²) in [4.78, 5) is 8.62. The highest BCUT2D eigenvalue weighted by atomic mass is 127. The highest BCUT2D eigenvalue weighted by Crippen LogP contribution is 2.29. The Morgan fingerprint density at radius 3 is 2.76 bits per heavy atom. The fraction of sp³-hybridized carbons (Fsp3) is 0.150. The second-order valence-corrected chi connectivity index (χ2v) is 6.67. The van der Waals surface area contributed by atoms with E-state index in [0.717, 1.165) is 10.9 Å². The van der Waals surface area contributed by atoms with Crippen molar-refractivity contribution in [3.63, 3.8) is 0 Å². The van der Waals surface area contributed by atoms with Crippen molar-refractivity contribution in [3.05, 3.63) is 60.0 Å². The van der Waals surface area contributed by atoms with Gasteiger partial charge in [-0.2, -0.15) is 5.10 Å². The first-order valence-electron chi connectivity index (χ1n) is 8.89. The number of aromatic nitrogens is 4. The van der Waals surface area contributed by atoms with Gasteiger partial charge < -0.3 is 13.5 Å². The van der Waals surface area contributed by atoms with Crippen LogP contribution in [0.25, 0.3) is 22.4 Å². The Morgan fingerprint density at radius 2 is 2.03 bits per heavy atom. The quantitative estimate of drug-likeness (QED) is 0.391. The van der Waals surface area contributed by atoms with Crippen LogP contribution < -0.4 is 13.5 Å². The number of halogens is 2. The molecule has 0 fully saturated rings. The number of fused-ring (bicyclic) bond motifs is 1. The minimum Gasteiger partial charge on any atom is -0.494 e. The van der Waals surface area contributed by atoms with Crippen LogP contribution in [0.15, 0.2) is 48.7 Å². The molecular formula is C20H17FIN5O2. The lowest BCUT2D eigenvalue weighted by Crippen LogP contribution is -2.05. The molecule has 0 saturated carbocycles. The van der Waals surface area contributed by atoms with E-state index in [0.29, 0.717) is 35.2 Å². The number of rotatable bonds is 6. The van der Waals surface area contributed by atoms with Crippen LogP contribution in [0.1, 0.15) is 12.5 Å². The van der Waals surface area contributed by atoms with Gasteiger partial charge in [0.25, 0.3) is 0 Å². The molecule has 0 unspecified atom stereocenters. The van der Waals surface area contributed by atoms with E-state index in [2.05, 4.69) is 15.1 Å². The third-order valence-electron chi connectivity index (χ3n) is 4.39. The fourth-order valence-electron chi connectivity index (χ4n) is 3.04. The van der Waals surface area contributed by atoms with Crippen molar-refractivity contribution in [2.75, 3.05) is 12.3 Å². The molecule has 0 radical (unpaired) electrons. The van der Waals surface area contributed by atoms with Crippen molar-refractivity contribution in [1.29, 1.82) is 0 Å². The number of hydrogen-bond acceptors (Lipinski definition) is 6. The van der Waals surface area contributed by atoms with Crippen LogP contribution in [0.3, 0.4) is 0 Å². The summed E-state index contributed by atoms with van der Waals surface area (Å²) in [5.74, 6) is 1.14. The Morgan fingerprint density at radius 1 is 1.21 bits per heavy atom. The number of anilines is 1. The van der Waals surface area contributed by atoms with E-state index in [1.54, 1.807) is 39.8 Å². The zero-order chi connectivity index (χ0) is 20.4. The van der Waals surface area contributed by atoms with Crippen molar-refractivity contribution >= 4 is 39.7 Å². The third kappa shape index (κ3) is 3.82. The molecular weight excluding hydrogens is 488 g/mol. The molecule has 148 valence electrons. The highest BCUT2D eigenvalue weighted by Gasteiger charge is 2.17. The van der Waals surface area contributed by atoms with Crippen LogP contribution in [0.4, 0.5) is 10.2 Å². The van der Waals surface area contributed by atoms with E-state index in [4.69, 9.17) is 13.5 Å². The van der Waals surface area contributed by atoms with Crippen LogP contribution in [0, 0.1) is 5.82 Å². The van der Waals surface area contributed by atoms with Gasteiger partial charge in [0.15, 0.2) is 40.4 Å². The molecule has 0 aliphatic heterocycles. The molecule has 0 aliphatic carbocycles. The maximum atomic E-state index is 14.5. The van der Waals surface area contributed by atoms with Gasteiger partial charge in [-0.25, -0.2) is 14.4 Å². The van der Waals surface area contributed by atoms with Crippen LogP contribution in [0.2, 0.25) is 0 Å². The largest absolute Gasteiger partial charge is 0.494 e. The molecule has 4 rings (SSSR count). The second-order valence-electron chi connectivity index (χ2n) is 6.23. The van der Waals surface area contributed by atoms with Crippen molar-refractivity contribution in [2.45, 2.75) is 13.5 Å². The van der Waals surface area contributed by atoms with E-state index in [9.17, 15) is 4.39 Å². The van der Waals surface area contributed by atoms with E-state index in [1.165, 1.54) is 12.3 Å². The van der Waals surface area contributed by atoms with E-state index < -0.39 is 0 Å². The number of benzene rings is 2. The van der Waals surface area contributed by atoms with E-state index in [1.807, 2.05) is 31.2 Å². The van der Waals surface area contributed by atoms with E-state index in [-0.39, 0.29) is 18.2 Å². The normalized spacial score (nSPS) is 11.0. The smallest absolute Gasteiger partial charge is 0.193 e. The summed E-state index contributed by atoms with van der Waals surface area (Å²) in [5, 5.41) is 5.50. The minimum absolute atomic E-state index is 0.223. The molecule has 0 amide bonds. The van der Waals surface area contributed by atoms with Gasteiger partial charge in [-0.05, 0) is 19.1 Å². The molecule has 0 bridgehead atoms. The average molecular weight is 505 g/mol. The molecule has 2 aromatic heterocycles. The van der Waals surface area contributed by atoms with Gasteiger partial charge in [0.1, 0.15) is 17.3 Å². The Balaban J connectivity index is 1.76. The summed E-state index contributed by atoms with van der Waals surface area (Å²) >= 11 is 1.72. The van der Waals surface area contributed by atoms with Crippen LogP contribution in [-0.2, 0) is 6.54 Å². The molecule has 0 aliphatic rings. The van der Waals surface area contributed by atoms with Gasteiger partial charge >= 0.3 is 0 Å². The molecule has 29 heavy (non-hydrogen) atoms. The lowest BCUT2D eigenvalue weighted by Gasteiger charge is -2.08. The lowest BCUT2D eigenvalue weighted by molar-refractivity contribution is 0.338. The number of hydrogen-bond donors (Lipinski definition) is 1. The maximum absolute atomic E-state index is 14.5. The van der Waals surface area contributed by atoms with Gasteiger partial charge in [-0.3, -0.25) is 4.68 Å². The SMILES string of the molecule is CCOc1ccc(Cn2nc(-c3ncc(OI)c(N)n3)c3ccccc32)c(F)c1. The lowest BCUT2D eigenvalue weighted by atomic mass is 10.2. The standard InChI is InChI=1S/C20H17FIN5O2/c1-2-28-13-8-7-12(15(21)9-13)11-27-16-6-4-3-5-14(16)18(26-27)20-24-10-17(29-22)19(23)25-20/h3-10H,2,11H2,1H3,(H2,23,24,25). The van der Waals surface area contributed by atoms with Crippen LogP contribution >= 0.6 is 23.0 Å². The third-order valence-corrected chi connectivity index (χ3v) is 4.87. The number of nitrogens with zero attached hydrogens (tertiary/aromatic N) is 4.